The van der Waals surface area contributed by atoms with Crippen LogP contribution in [0.5, 0.6) is 0 Å². The first kappa shape index (κ1) is 18.6. The highest BCUT2D eigenvalue weighted by atomic mass is 19.1. The summed E-state index contributed by atoms with van der Waals surface area (Å²) < 4.78 is 26.6. The minimum Gasteiger partial charge on any atom is -0.351 e. The molecule has 6 heteroatoms. The lowest BCUT2D eigenvalue weighted by molar-refractivity contribution is -0.121. The van der Waals surface area contributed by atoms with Gasteiger partial charge in [0, 0.05) is 13.0 Å². The molecular weight excluding hydrogens is 326 g/mol. The number of halogens is 2. The summed E-state index contributed by atoms with van der Waals surface area (Å²) in [7, 11) is 0. The molecule has 25 heavy (non-hydrogen) atoms. The fourth-order valence-corrected chi connectivity index (χ4v) is 2.37. The molecule has 0 aliphatic carbocycles. The van der Waals surface area contributed by atoms with Crippen molar-refractivity contribution in [3.63, 3.8) is 0 Å². The molecule has 1 atom stereocenters. The van der Waals surface area contributed by atoms with Crippen LogP contribution in [-0.4, -0.2) is 31.1 Å². The molecule has 2 amide bonds. The van der Waals surface area contributed by atoms with Gasteiger partial charge in [-0.05, 0) is 24.1 Å². The highest BCUT2D eigenvalue weighted by Crippen LogP contribution is 2.06. The minimum atomic E-state index is -0.678. The van der Waals surface area contributed by atoms with E-state index >= 15 is 0 Å². The maximum absolute atomic E-state index is 13.5. The van der Waals surface area contributed by atoms with Crippen LogP contribution in [0.25, 0.3) is 0 Å². The molecule has 0 fully saturated rings. The van der Waals surface area contributed by atoms with E-state index < -0.39 is 24.4 Å². The van der Waals surface area contributed by atoms with Crippen LogP contribution in [0.3, 0.4) is 0 Å². The Labute approximate surface area is 145 Å². The van der Waals surface area contributed by atoms with Gasteiger partial charge in [-0.15, -0.1) is 0 Å². The molecule has 2 N–H and O–H groups in total. The largest absolute Gasteiger partial charge is 0.351 e. The smallest absolute Gasteiger partial charge is 0.254 e. The lowest BCUT2D eigenvalue weighted by Crippen LogP contribution is -2.39. The Kier molecular flexibility index (Phi) is 7.07. The first-order valence-electron chi connectivity index (χ1n) is 8.02. The van der Waals surface area contributed by atoms with E-state index in [9.17, 15) is 18.4 Å². The number of hydrogen-bond acceptors (Lipinski definition) is 2. The molecule has 2 aromatic rings. The molecule has 0 heterocycles. The number of carbonyl (C=O) groups excluding carboxylic acids is 2. The van der Waals surface area contributed by atoms with Gasteiger partial charge in [0.05, 0.1) is 11.6 Å². The third-order valence-corrected chi connectivity index (χ3v) is 3.63. The second-order valence-electron chi connectivity index (χ2n) is 5.59. The Morgan fingerprint density at radius 3 is 2.36 bits per heavy atom. The number of amides is 2. The molecule has 0 aliphatic rings. The quantitative estimate of drug-likeness (QED) is 0.772. The van der Waals surface area contributed by atoms with Crippen LogP contribution in [0.4, 0.5) is 8.78 Å². The van der Waals surface area contributed by atoms with Gasteiger partial charge in [-0.3, -0.25) is 9.59 Å². The summed E-state index contributed by atoms with van der Waals surface area (Å²) >= 11 is 0. The molecular formula is C19H20F2N2O2. The average molecular weight is 346 g/mol. The summed E-state index contributed by atoms with van der Waals surface area (Å²) in [5.41, 5.74) is 0.854. The van der Waals surface area contributed by atoms with Crippen molar-refractivity contribution in [2.45, 2.75) is 18.9 Å². The predicted octanol–water partition coefficient (Wildman–Crippen LogP) is 2.64. The van der Waals surface area contributed by atoms with Crippen LogP contribution in [0.2, 0.25) is 0 Å². The van der Waals surface area contributed by atoms with Gasteiger partial charge in [-0.2, -0.15) is 0 Å². The molecule has 132 valence electrons. The van der Waals surface area contributed by atoms with E-state index in [0.29, 0.717) is 6.42 Å². The maximum Gasteiger partial charge on any atom is 0.254 e. The highest BCUT2D eigenvalue weighted by molar-refractivity contribution is 5.94. The van der Waals surface area contributed by atoms with Crippen molar-refractivity contribution in [1.82, 2.24) is 10.6 Å². The summed E-state index contributed by atoms with van der Waals surface area (Å²) in [6, 6.07) is 14.3. The minimum absolute atomic E-state index is 0.00845. The van der Waals surface area contributed by atoms with E-state index in [4.69, 9.17) is 0 Å². The lowest BCUT2D eigenvalue weighted by atomic mass is 10.1. The second kappa shape index (κ2) is 9.52. The Morgan fingerprint density at radius 1 is 1.00 bits per heavy atom. The van der Waals surface area contributed by atoms with Crippen molar-refractivity contribution >= 4 is 11.8 Å². The maximum atomic E-state index is 13.5. The van der Waals surface area contributed by atoms with Gasteiger partial charge < -0.3 is 10.6 Å². The number of benzene rings is 2. The van der Waals surface area contributed by atoms with Gasteiger partial charge >= 0.3 is 0 Å². The van der Waals surface area contributed by atoms with E-state index in [0.717, 1.165) is 5.56 Å². The fourth-order valence-electron chi connectivity index (χ4n) is 2.37. The topological polar surface area (TPSA) is 58.2 Å². The number of rotatable bonds is 8. The average Bonchev–Trinajstić information content (AvgIpc) is 2.62. The molecule has 0 radical (unpaired) electrons. The van der Waals surface area contributed by atoms with Crippen molar-refractivity contribution in [2.75, 3.05) is 13.2 Å². The molecule has 0 aliphatic heterocycles. The summed E-state index contributed by atoms with van der Waals surface area (Å²) in [5, 5.41) is 5.08. The summed E-state index contributed by atoms with van der Waals surface area (Å²) in [6.45, 7) is -0.633. The Bertz CT molecular complexity index is 708. The number of hydrogen-bond donors (Lipinski definition) is 2. The monoisotopic (exact) mass is 346 g/mol. The predicted molar refractivity (Wildman–Crippen MR) is 91.4 cm³/mol. The normalized spacial score (nSPS) is 11.6. The standard InChI is InChI=1S/C19H20F2N2O2/c20-13-15(12-14-6-2-1-3-7-14)23-18(24)10-11-22-19(25)16-8-4-5-9-17(16)21/h1-9,15H,10-13H2,(H,22,25)(H,23,24)/t15-/m1/s1. The summed E-state index contributed by atoms with van der Waals surface area (Å²) in [4.78, 5) is 23.7. The van der Waals surface area contributed by atoms with Crippen LogP contribution < -0.4 is 10.6 Å². The Balaban J connectivity index is 1.76. The molecule has 0 unspecified atom stereocenters. The first-order valence-corrected chi connectivity index (χ1v) is 8.02. The molecule has 2 aromatic carbocycles. The van der Waals surface area contributed by atoms with Gasteiger partial charge in [0.15, 0.2) is 0 Å². The van der Waals surface area contributed by atoms with Crippen molar-refractivity contribution in [3.05, 3.63) is 71.5 Å². The van der Waals surface area contributed by atoms with Gasteiger partial charge in [0.25, 0.3) is 5.91 Å². The van der Waals surface area contributed by atoms with Crippen LogP contribution in [0.15, 0.2) is 54.6 Å². The number of carbonyl (C=O) groups is 2. The Morgan fingerprint density at radius 2 is 1.68 bits per heavy atom. The van der Waals surface area contributed by atoms with Crippen LogP contribution in [0, 0.1) is 5.82 Å². The number of nitrogens with one attached hydrogen (secondary N) is 2. The van der Waals surface area contributed by atoms with E-state index in [2.05, 4.69) is 10.6 Å². The third-order valence-electron chi connectivity index (χ3n) is 3.63. The van der Waals surface area contributed by atoms with Crippen LogP contribution in [0.1, 0.15) is 22.3 Å². The molecule has 0 aromatic heterocycles. The molecule has 4 nitrogen and oxygen atoms in total. The fraction of sp³-hybridized carbons (Fsp3) is 0.263. The molecule has 0 spiro atoms. The SMILES string of the molecule is O=C(CCNC(=O)c1ccccc1F)N[C@@H](CF)Cc1ccccc1. The van der Waals surface area contributed by atoms with Gasteiger partial charge in [0.1, 0.15) is 12.5 Å². The van der Waals surface area contributed by atoms with E-state index in [1.807, 2.05) is 30.3 Å². The molecule has 0 saturated heterocycles. The van der Waals surface area contributed by atoms with Crippen LogP contribution in [-0.2, 0) is 11.2 Å². The van der Waals surface area contributed by atoms with Crippen molar-refractivity contribution in [1.29, 1.82) is 0 Å². The molecule has 2 rings (SSSR count). The zero-order valence-corrected chi connectivity index (χ0v) is 13.7. The Hall–Kier alpha value is -2.76. The zero-order valence-electron chi connectivity index (χ0n) is 13.7. The lowest BCUT2D eigenvalue weighted by Gasteiger charge is -2.15. The van der Waals surface area contributed by atoms with Crippen LogP contribution >= 0.6 is 0 Å². The second-order valence-corrected chi connectivity index (χ2v) is 5.59. The first-order chi connectivity index (χ1) is 12.1. The van der Waals surface area contributed by atoms with Crippen molar-refractivity contribution in [2.24, 2.45) is 0 Å². The summed E-state index contributed by atoms with van der Waals surface area (Å²) in [6.07, 6.45) is 0.385. The van der Waals surface area contributed by atoms with E-state index in [-0.39, 0.29) is 24.4 Å². The highest BCUT2D eigenvalue weighted by Gasteiger charge is 2.14. The van der Waals surface area contributed by atoms with E-state index in [1.54, 1.807) is 6.07 Å². The number of alkyl halides is 1. The van der Waals surface area contributed by atoms with Crippen molar-refractivity contribution < 1.29 is 18.4 Å². The van der Waals surface area contributed by atoms with Crippen molar-refractivity contribution in [3.8, 4) is 0 Å². The van der Waals surface area contributed by atoms with E-state index in [1.165, 1.54) is 18.2 Å². The van der Waals surface area contributed by atoms with Gasteiger partial charge in [-0.1, -0.05) is 42.5 Å². The van der Waals surface area contributed by atoms with Gasteiger partial charge in [0.2, 0.25) is 5.91 Å². The van der Waals surface area contributed by atoms with Gasteiger partial charge in [-0.25, -0.2) is 8.78 Å². The third kappa shape index (κ3) is 5.99. The molecule has 0 saturated carbocycles. The molecule has 0 bridgehead atoms. The zero-order chi connectivity index (χ0) is 18.1. The summed E-state index contributed by atoms with van der Waals surface area (Å²) in [5.74, 6) is -1.57.